The van der Waals surface area contributed by atoms with E-state index in [-0.39, 0.29) is 0 Å². The summed E-state index contributed by atoms with van der Waals surface area (Å²) in [6.07, 6.45) is 1.14. The van der Waals surface area contributed by atoms with E-state index in [1.807, 2.05) is 0 Å². The van der Waals surface area contributed by atoms with Gasteiger partial charge in [0, 0.05) is 10.9 Å². The third-order valence-electron chi connectivity index (χ3n) is 5.65. The molecule has 0 spiro atoms. The lowest BCUT2D eigenvalue weighted by Gasteiger charge is -2.20. The molecule has 1 nitrogen and oxygen atoms in total. The molecule has 0 amide bonds. The topological polar surface area (TPSA) is 12.9 Å². The van der Waals surface area contributed by atoms with Crippen LogP contribution in [0.2, 0.25) is 19.6 Å². The fourth-order valence-corrected chi connectivity index (χ4v) is 4.56. The van der Waals surface area contributed by atoms with Crippen molar-refractivity contribution in [2.24, 2.45) is 0 Å². The summed E-state index contributed by atoms with van der Waals surface area (Å²) in [6, 6.07) is 15.9. The summed E-state index contributed by atoms with van der Waals surface area (Å²) in [5, 5.41) is 2.85. The van der Waals surface area contributed by atoms with Crippen molar-refractivity contribution in [1.82, 2.24) is 4.98 Å². The number of nitrogens with zero attached hydrogens (tertiary/aromatic N) is 1. The Kier molecular flexibility index (Phi) is 5.07. The zero-order valence-corrected chi connectivity index (χ0v) is 18.3. The lowest BCUT2D eigenvalue weighted by atomic mass is 9.93. The first-order valence-corrected chi connectivity index (χ1v) is 13.2. The molecule has 3 aromatic rings. The summed E-state index contributed by atoms with van der Waals surface area (Å²) in [4.78, 5) is 5.03. The van der Waals surface area contributed by atoms with Gasteiger partial charge < -0.3 is 0 Å². The van der Waals surface area contributed by atoms with Crippen molar-refractivity contribution in [1.29, 1.82) is 0 Å². The molecule has 3 rings (SSSR count). The van der Waals surface area contributed by atoms with E-state index in [4.69, 9.17) is 4.98 Å². The van der Waals surface area contributed by atoms with Crippen LogP contribution < -0.4 is 5.19 Å². The third kappa shape index (κ3) is 3.61. The van der Waals surface area contributed by atoms with E-state index in [0.717, 1.165) is 17.6 Å². The maximum atomic E-state index is 5.03. The zero-order valence-electron chi connectivity index (χ0n) is 17.3. The molecule has 0 saturated carbocycles. The second-order valence-corrected chi connectivity index (χ2v) is 13.8. The van der Waals surface area contributed by atoms with Gasteiger partial charge in [0.05, 0.1) is 19.3 Å². The van der Waals surface area contributed by atoms with Crippen LogP contribution in [0.25, 0.3) is 22.2 Å². The van der Waals surface area contributed by atoms with E-state index < -0.39 is 8.07 Å². The molecule has 0 aliphatic carbocycles. The number of pyridine rings is 1. The number of aromatic nitrogens is 1. The van der Waals surface area contributed by atoms with Crippen molar-refractivity contribution < 1.29 is 0 Å². The number of aryl methyl sites for hydroxylation is 2. The fourth-order valence-electron chi connectivity index (χ4n) is 3.39. The minimum absolute atomic E-state index is 0.530. The molecule has 0 saturated heterocycles. The number of fused-ring (bicyclic) bond motifs is 1. The van der Waals surface area contributed by atoms with Crippen LogP contribution in [0.3, 0.4) is 0 Å². The molecule has 0 N–H and O–H groups in total. The first-order valence-electron chi connectivity index (χ1n) is 9.73. The molecule has 0 radical (unpaired) electrons. The van der Waals surface area contributed by atoms with Gasteiger partial charge in [-0.25, -0.2) is 4.98 Å². The van der Waals surface area contributed by atoms with Crippen molar-refractivity contribution in [2.75, 3.05) is 0 Å². The van der Waals surface area contributed by atoms with Crippen LogP contribution in [0, 0.1) is 13.8 Å². The van der Waals surface area contributed by atoms with Crippen molar-refractivity contribution in [3.63, 3.8) is 0 Å². The van der Waals surface area contributed by atoms with Crippen LogP contribution in [0.15, 0.2) is 42.5 Å². The Bertz CT molecular complexity index is 950. The largest absolute Gasteiger partial charge is 0.248 e. The smallest absolute Gasteiger partial charge is 0.0776 e. The molecular formula is C24H31NSi. The van der Waals surface area contributed by atoms with E-state index in [9.17, 15) is 0 Å². The molecule has 1 heterocycles. The van der Waals surface area contributed by atoms with Crippen molar-refractivity contribution in [3.8, 4) is 11.3 Å². The van der Waals surface area contributed by atoms with Crippen LogP contribution in [0.1, 0.15) is 42.9 Å². The van der Waals surface area contributed by atoms with Crippen molar-refractivity contribution in [2.45, 2.75) is 59.7 Å². The van der Waals surface area contributed by atoms with Gasteiger partial charge in [-0.15, -0.1) is 0 Å². The van der Waals surface area contributed by atoms with Gasteiger partial charge in [0.1, 0.15) is 0 Å². The average molecular weight is 362 g/mol. The molecule has 26 heavy (non-hydrogen) atoms. The molecule has 0 aliphatic rings. The Morgan fingerprint density at radius 2 is 1.65 bits per heavy atom. The summed E-state index contributed by atoms with van der Waals surface area (Å²) < 4.78 is 0. The fraction of sp³-hybridized carbons (Fsp3) is 0.375. The zero-order chi connectivity index (χ0) is 19.1. The molecule has 1 atom stereocenters. The molecule has 1 unspecified atom stereocenters. The van der Waals surface area contributed by atoms with E-state index in [1.165, 1.54) is 32.8 Å². The molecule has 0 fully saturated rings. The highest BCUT2D eigenvalue weighted by atomic mass is 28.3. The van der Waals surface area contributed by atoms with Gasteiger partial charge >= 0.3 is 0 Å². The standard InChI is InChI=1S/C24H31NSi/c1-8-16(2)21-15-24(19-10-9-17(3)18(4)13-19)25-23-12-11-20(14-22(21)23)26(5,6)7/h9-16H,8H2,1-7H3. The first-order chi connectivity index (χ1) is 12.2. The highest BCUT2D eigenvalue weighted by molar-refractivity contribution is 6.88. The van der Waals surface area contributed by atoms with Crippen LogP contribution >= 0.6 is 0 Å². The van der Waals surface area contributed by atoms with Gasteiger partial charge in [0.2, 0.25) is 0 Å². The lowest BCUT2D eigenvalue weighted by molar-refractivity contribution is 0.739. The first kappa shape index (κ1) is 18.8. The van der Waals surface area contributed by atoms with Crippen molar-refractivity contribution >= 4 is 24.2 Å². The second kappa shape index (κ2) is 7.00. The molecule has 0 bridgehead atoms. The highest BCUT2D eigenvalue weighted by Crippen LogP contribution is 2.31. The number of rotatable bonds is 4. The predicted octanol–water partition coefficient (Wildman–Crippen LogP) is 6.58. The number of benzene rings is 2. The van der Waals surface area contributed by atoms with Crippen molar-refractivity contribution in [3.05, 3.63) is 59.2 Å². The van der Waals surface area contributed by atoms with Crippen LogP contribution in [0.4, 0.5) is 0 Å². The number of hydrogen-bond donors (Lipinski definition) is 0. The maximum Gasteiger partial charge on any atom is 0.0776 e. The van der Waals surface area contributed by atoms with Gasteiger partial charge in [-0.1, -0.05) is 62.9 Å². The quantitative estimate of drug-likeness (QED) is 0.478. The molecule has 0 aliphatic heterocycles. The van der Waals surface area contributed by atoms with E-state index in [1.54, 1.807) is 0 Å². The molecule has 2 aromatic carbocycles. The minimum atomic E-state index is -1.34. The summed E-state index contributed by atoms with van der Waals surface area (Å²) in [5.41, 5.74) is 7.52. The predicted molar refractivity (Wildman–Crippen MR) is 118 cm³/mol. The second-order valence-electron chi connectivity index (χ2n) is 8.69. The molecule has 1 aromatic heterocycles. The normalized spacial score (nSPS) is 13.2. The SMILES string of the molecule is CCC(C)c1cc(-c2ccc(C)c(C)c2)nc2ccc([Si](C)(C)C)cc12. The maximum absolute atomic E-state index is 5.03. The summed E-state index contributed by atoms with van der Waals surface area (Å²) >= 11 is 0. The molecular weight excluding hydrogens is 330 g/mol. The Morgan fingerprint density at radius 1 is 0.923 bits per heavy atom. The van der Waals surface area contributed by atoms with Crippen LogP contribution in [-0.2, 0) is 0 Å². The van der Waals surface area contributed by atoms with Gasteiger partial charge in [0.25, 0.3) is 0 Å². The Morgan fingerprint density at radius 3 is 2.27 bits per heavy atom. The van der Waals surface area contributed by atoms with Gasteiger partial charge in [0.15, 0.2) is 0 Å². The Balaban J connectivity index is 2.25. The van der Waals surface area contributed by atoms with E-state index in [0.29, 0.717) is 5.92 Å². The monoisotopic (exact) mass is 361 g/mol. The van der Waals surface area contributed by atoms with Gasteiger partial charge in [-0.2, -0.15) is 0 Å². The summed E-state index contributed by atoms with van der Waals surface area (Å²) in [6.45, 7) is 16.2. The highest BCUT2D eigenvalue weighted by Gasteiger charge is 2.19. The molecule has 136 valence electrons. The minimum Gasteiger partial charge on any atom is -0.248 e. The van der Waals surface area contributed by atoms with Gasteiger partial charge in [-0.3, -0.25) is 0 Å². The summed E-state index contributed by atoms with van der Waals surface area (Å²) in [5.74, 6) is 0.530. The molecule has 2 heteroatoms. The lowest BCUT2D eigenvalue weighted by Crippen LogP contribution is -2.37. The summed E-state index contributed by atoms with van der Waals surface area (Å²) in [7, 11) is -1.34. The Labute approximate surface area is 159 Å². The average Bonchev–Trinajstić information content (AvgIpc) is 2.61. The van der Waals surface area contributed by atoms with E-state index in [2.05, 4.69) is 89.8 Å². The van der Waals surface area contributed by atoms with Gasteiger partial charge in [-0.05, 0) is 61.1 Å². The van der Waals surface area contributed by atoms with E-state index >= 15 is 0 Å². The Hall–Kier alpha value is -1.93. The number of hydrogen-bond acceptors (Lipinski definition) is 1. The van der Waals surface area contributed by atoms with Crippen LogP contribution in [-0.4, -0.2) is 13.1 Å². The van der Waals surface area contributed by atoms with Crippen LogP contribution in [0.5, 0.6) is 0 Å². The third-order valence-corrected chi connectivity index (χ3v) is 7.70.